The molecule has 3 aromatic carbocycles. The van der Waals surface area contributed by atoms with Crippen LogP contribution in [0.5, 0.6) is 11.5 Å². The summed E-state index contributed by atoms with van der Waals surface area (Å²) in [6, 6.07) is 23.6. The number of hydrogen-bond donors (Lipinski definition) is 2. The van der Waals surface area contributed by atoms with Gasteiger partial charge in [-0.2, -0.15) is 0 Å². The standard InChI is InChI=1S/C24H25NO3/c25-21-13-11-20-19(23(21)26)12-14-22(27-15-17-7-3-1-4-8-17)24(20)28-16-18-9-5-2-6-10-18/h1-10,12,14,21,23,26H,11,13,15-16,25H2/t21-,23+/m1/s1. The molecule has 0 spiro atoms. The topological polar surface area (TPSA) is 64.7 Å². The third kappa shape index (κ3) is 4.03. The zero-order chi connectivity index (χ0) is 19.3. The molecule has 0 aliphatic heterocycles. The van der Waals surface area contributed by atoms with Gasteiger partial charge in [-0.15, -0.1) is 0 Å². The molecular weight excluding hydrogens is 350 g/mol. The minimum Gasteiger partial charge on any atom is -0.485 e. The fourth-order valence-corrected chi connectivity index (χ4v) is 3.59. The summed E-state index contributed by atoms with van der Waals surface area (Å²) in [7, 11) is 0. The number of aliphatic hydroxyl groups is 1. The minimum atomic E-state index is -0.675. The molecule has 3 N–H and O–H groups in total. The molecule has 0 saturated heterocycles. The Labute approximate surface area is 165 Å². The van der Waals surface area contributed by atoms with Crippen LogP contribution in [0.25, 0.3) is 0 Å². The van der Waals surface area contributed by atoms with E-state index in [1.54, 1.807) is 0 Å². The first-order valence-corrected chi connectivity index (χ1v) is 9.65. The Bertz CT molecular complexity index is 912. The number of fused-ring (bicyclic) bond motifs is 1. The number of aliphatic hydroxyl groups excluding tert-OH is 1. The SMILES string of the molecule is N[C@@H]1CCc2c(ccc(OCc3ccccc3)c2OCc2ccccc2)[C@@H]1O. The molecule has 0 amide bonds. The van der Waals surface area contributed by atoms with Gasteiger partial charge in [0.2, 0.25) is 0 Å². The van der Waals surface area contributed by atoms with Gasteiger partial charge in [-0.05, 0) is 35.6 Å². The van der Waals surface area contributed by atoms with Gasteiger partial charge in [0.15, 0.2) is 11.5 Å². The molecule has 0 unspecified atom stereocenters. The average Bonchev–Trinajstić information content (AvgIpc) is 2.75. The van der Waals surface area contributed by atoms with E-state index < -0.39 is 6.10 Å². The number of rotatable bonds is 6. The van der Waals surface area contributed by atoms with Gasteiger partial charge in [-0.3, -0.25) is 0 Å². The van der Waals surface area contributed by atoms with Crippen LogP contribution in [0.2, 0.25) is 0 Å². The summed E-state index contributed by atoms with van der Waals surface area (Å²) in [6.07, 6.45) is 0.809. The normalized spacial score (nSPS) is 18.4. The first-order chi connectivity index (χ1) is 13.7. The predicted octanol–water partition coefficient (Wildman–Crippen LogP) is 4.15. The van der Waals surface area contributed by atoms with Gasteiger partial charge >= 0.3 is 0 Å². The largest absolute Gasteiger partial charge is 0.485 e. The molecule has 3 aromatic rings. The number of nitrogens with two attached hydrogens (primary N) is 1. The van der Waals surface area contributed by atoms with Crippen molar-refractivity contribution in [1.29, 1.82) is 0 Å². The van der Waals surface area contributed by atoms with E-state index in [4.69, 9.17) is 15.2 Å². The van der Waals surface area contributed by atoms with Crippen LogP contribution >= 0.6 is 0 Å². The van der Waals surface area contributed by atoms with E-state index in [1.807, 2.05) is 72.8 Å². The second-order valence-corrected chi connectivity index (χ2v) is 7.16. The van der Waals surface area contributed by atoms with Crippen molar-refractivity contribution in [1.82, 2.24) is 0 Å². The van der Waals surface area contributed by atoms with Crippen molar-refractivity contribution in [3.8, 4) is 11.5 Å². The van der Waals surface area contributed by atoms with Crippen LogP contribution in [0, 0.1) is 0 Å². The molecule has 0 heterocycles. The van der Waals surface area contributed by atoms with Crippen molar-refractivity contribution in [3.05, 3.63) is 95.1 Å². The zero-order valence-electron chi connectivity index (χ0n) is 15.8. The molecule has 0 aromatic heterocycles. The van der Waals surface area contributed by atoms with Gasteiger partial charge < -0.3 is 20.3 Å². The molecule has 0 bridgehead atoms. The minimum absolute atomic E-state index is 0.245. The third-order valence-corrected chi connectivity index (χ3v) is 5.18. The third-order valence-electron chi connectivity index (χ3n) is 5.18. The van der Waals surface area contributed by atoms with Crippen LogP contribution < -0.4 is 15.2 Å². The quantitative estimate of drug-likeness (QED) is 0.679. The summed E-state index contributed by atoms with van der Waals surface area (Å²) in [5.41, 5.74) is 10.1. The van der Waals surface area contributed by atoms with E-state index >= 15 is 0 Å². The highest BCUT2D eigenvalue weighted by Crippen LogP contribution is 2.41. The van der Waals surface area contributed by atoms with Crippen LogP contribution in [0.3, 0.4) is 0 Å². The van der Waals surface area contributed by atoms with Gasteiger partial charge in [-0.1, -0.05) is 66.7 Å². The fourth-order valence-electron chi connectivity index (χ4n) is 3.59. The van der Waals surface area contributed by atoms with Gasteiger partial charge in [0.1, 0.15) is 13.2 Å². The smallest absolute Gasteiger partial charge is 0.165 e. The molecule has 28 heavy (non-hydrogen) atoms. The van der Waals surface area contributed by atoms with E-state index in [2.05, 4.69) is 0 Å². The van der Waals surface area contributed by atoms with Crippen molar-refractivity contribution < 1.29 is 14.6 Å². The maximum atomic E-state index is 10.5. The highest BCUT2D eigenvalue weighted by molar-refractivity contribution is 5.53. The van der Waals surface area contributed by atoms with E-state index in [-0.39, 0.29) is 6.04 Å². The van der Waals surface area contributed by atoms with Gasteiger partial charge in [0.05, 0.1) is 6.10 Å². The summed E-state index contributed by atoms with van der Waals surface area (Å²) in [4.78, 5) is 0. The lowest BCUT2D eigenvalue weighted by Crippen LogP contribution is -2.33. The Kier molecular flexibility index (Phi) is 5.60. The van der Waals surface area contributed by atoms with E-state index in [0.29, 0.717) is 24.7 Å². The van der Waals surface area contributed by atoms with Crippen LogP contribution in [-0.2, 0) is 19.6 Å². The van der Waals surface area contributed by atoms with Crippen molar-refractivity contribution >= 4 is 0 Å². The molecule has 4 rings (SSSR count). The maximum absolute atomic E-state index is 10.5. The molecule has 4 nitrogen and oxygen atoms in total. The molecule has 2 atom stereocenters. The average molecular weight is 375 g/mol. The molecule has 0 radical (unpaired) electrons. The lowest BCUT2D eigenvalue weighted by atomic mass is 9.85. The highest BCUT2D eigenvalue weighted by Gasteiger charge is 2.29. The molecule has 4 heteroatoms. The Hall–Kier alpha value is -2.82. The van der Waals surface area contributed by atoms with Crippen LogP contribution in [0.15, 0.2) is 72.8 Å². The Morgan fingerprint density at radius 3 is 2.07 bits per heavy atom. The second kappa shape index (κ2) is 8.46. The second-order valence-electron chi connectivity index (χ2n) is 7.16. The zero-order valence-corrected chi connectivity index (χ0v) is 15.8. The monoisotopic (exact) mass is 375 g/mol. The Morgan fingerprint density at radius 2 is 1.43 bits per heavy atom. The van der Waals surface area contributed by atoms with Gasteiger partial charge in [-0.25, -0.2) is 0 Å². The van der Waals surface area contributed by atoms with E-state index in [9.17, 15) is 5.11 Å². The molecule has 0 fully saturated rings. The summed E-state index contributed by atoms with van der Waals surface area (Å²) < 4.78 is 12.3. The Morgan fingerprint density at radius 1 is 0.821 bits per heavy atom. The number of hydrogen-bond acceptors (Lipinski definition) is 4. The molecule has 144 valence electrons. The van der Waals surface area contributed by atoms with Crippen LogP contribution in [0.1, 0.15) is 34.8 Å². The van der Waals surface area contributed by atoms with E-state index in [1.165, 1.54) is 0 Å². The lowest BCUT2D eigenvalue weighted by molar-refractivity contribution is 0.132. The first-order valence-electron chi connectivity index (χ1n) is 9.65. The van der Waals surface area contributed by atoms with Crippen molar-refractivity contribution in [3.63, 3.8) is 0 Å². The van der Waals surface area contributed by atoms with E-state index in [0.717, 1.165) is 35.1 Å². The summed E-state index contributed by atoms with van der Waals surface area (Å²) >= 11 is 0. The molecule has 1 aliphatic rings. The predicted molar refractivity (Wildman–Crippen MR) is 109 cm³/mol. The molecular formula is C24H25NO3. The van der Waals surface area contributed by atoms with Crippen molar-refractivity contribution in [2.75, 3.05) is 0 Å². The lowest BCUT2D eigenvalue weighted by Gasteiger charge is -2.29. The van der Waals surface area contributed by atoms with Gasteiger partial charge in [0, 0.05) is 11.6 Å². The van der Waals surface area contributed by atoms with Crippen LogP contribution in [-0.4, -0.2) is 11.1 Å². The first kappa shape index (κ1) is 18.5. The summed E-state index contributed by atoms with van der Waals surface area (Å²) in [5, 5.41) is 10.5. The number of ether oxygens (including phenoxy) is 2. The molecule has 0 saturated carbocycles. The van der Waals surface area contributed by atoms with Gasteiger partial charge in [0.25, 0.3) is 0 Å². The highest BCUT2D eigenvalue weighted by atomic mass is 16.5. The number of benzene rings is 3. The fraction of sp³-hybridized carbons (Fsp3) is 0.250. The van der Waals surface area contributed by atoms with Crippen LogP contribution in [0.4, 0.5) is 0 Å². The summed E-state index contributed by atoms with van der Waals surface area (Å²) in [5.74, 6) is 1.41. The molecule has 1 aliphatic carbocycles. The summed E-state index contributed by atoms with van der Waals surface area (Å²) in [6.45, 7) is 0.907. The van der Waals surface area contributed by atoms with Crippen molar-refractivity contribution in [2.45, 2.75) is 38.2 Å². The maximum Gasteiger partial charge on any atom is 0.165 e. The van der Waals surface area contributed by atoms with Crippen molar-refractivity contribution in [2.24, 2.45) is 5.73 Å². The Balaban J connectivity index is 1.62.